The molecule has 120 valence electrons. The third-order valence-electron chi connectivity index (χ3n) is 3.14. The summed E-state index contributed by atoms with van der Waals surface area (Å²) in [5, 5.41) is 16.1. The number of rotatable bonds is 5. The van der Waals surface area contributed by atoms with Gasteiger partial charge in [-0.25, -0.2) is 0 Å². The van der Waals surface area contributed by atoms with Crippen molar-refractivity contribution >= 4 is 5.91 Å². The zero-order chi connectivity index (χ0) is 16.3. The van der Waals surface area contributed by atoms with Gasteiger partial charge < -0.3 is 10.0 Å². The Kier molecular flexibility index (Phi) is 5.56. The fourth-order valence-corrected chi connectivity index (χ4v) is 2.06. The van der Waals surface area contributed by atoms with E-state index in [1.807, 2.05) is 6.07 Å². The molecule has 0 spiro atoms. The number of carbonyl (C=O) groups excluding carboxylic acids is 1. The number of carbonyl (C=O) groups is 1. The number of nitrogens with zero attached hydrogens (tertiary/aromatic N) is 2. The Labute approximate surface area is 127 Å². The molecule has 0 unspecified atom stereocenters. The molecule has 1 heterocycles. The first-order valence-electron chi connectivity index (χ1n) is 7.50. The lowest BCUT2D eigenvalue weighted by atomic mass is 9.92. The van der Waals surface area contributed by atoms with Crippen molar-refractivity contribution in [1.29, 1.82) is 0 Å². The molecular weight excluding hydrogens is 266 g/mol. The molecule has 0 saturated carbocycles. The van der Waals surface area contributed by atoms with E-state index in [9.17, 15) is 4.79 Å². The standard InChI is InChI=1S/C16H29N3O2/c1-15(2,3)11-19(8-7-9-20)14(21)12-10-13(18-17-12)16(4,5)6/h10,20H,7-9,11H2,1-6H3,(H,17,18). The molecule has 0 bridgehead atoms. The lowest BCUT2D eigenvalue weighted by molar-refractivity contribution is 0.0676. The second-order valence-corrected chi connectivity index (χ2v) is 7.78. The van der Waals surface area contributed by atoms with E-state index in [4.69, 9.17) is 5.11 Å². The first-order valence-corrected chi connectivity index (χ1v) is 7.50. The summed E-state index contributed by atoms with van der Waals surface area (Å²) in [5.41, 5.74) is 1.34. The van der Waals surface area contributed by atoms with Gasteiger partial charge in [0.2, 0.25) is 0 Å². The average Bonchev–Trinajstić information content (AvgIpc) is 2.81. The molecule has 1 rings (SSSR count). The van der Waals surface area contributed by atoms with Gasteiger partial charge in [-0.2, -0.15) is 5.10 Å². The molecular formula is C16H29N3O2. The van der Waals surface area contributed by atoms with E-state index in [1.165, 1.54) is 0 Å². The van der Waals surface area contributed by atoms with Gasteiger partial charge in [-0.15, -0.1) is 0 Å². The summed E-state index contributed by atoms with van der Waals surface area (Å²) < 4.78 is 0. The van der Waals surface area contributed by atoms with E-state index in [-0.39, 0.29) is 23.3 Å². The fraction of sp³-hybridized carbons (Fsp3) is 0.750. The van der Waals surface area contributed by atoms with Gasteiger partial charge in [-0.1, -0.05) is 41.5 Å². The van der Waals surface area contributed by atoms with Crippen LogP contribution in [0.25, 0.3) is 0 Å². The lowest BCUT2D eigenvalue weighted by Gasteiger charge is -2.29. The van der Waals surface area contributed by atoms with E-state index in [1.54, 1.807) is 4.90 Å². The van der Waals surface area contributed by atoms with Crippen molar-refractivity contribution < 1.29 is 9.90 Å². The monoisotopic (exact) mass is 295 g/mol. The number of aromatic amines is 1. The number of aliphatic hydroxyl groups excluding tert-OH is 1. The summed E-state index contributed by atoms with van der Waals surface area (Å²) >= 11 is 0. The summed E-state index contributed by atoms with van der Waals surface area (Å²) in [4.78, 5) is 14.4. The third kappa shape index (κ3) is 5.50. The highest BCUT2D eigenvalue weighted by atomic mass is 16.3. The quantitative estimate of drug-likeness (QED) is 0.877. The Hall–Kier alpha value is -1.36. The molecule has 1 aromatic rings. The van der Waals surface area contributed by atoms with Gasteiger partial charge >= 0.3 is 0 Å². The van der Waals surface area contributed by atoms with Crippen LogP contribution in [0.5, 0.6) is 0 Å². The molecule has 0 radical (unpaired) electrons. The first-order chi connectivity index (χ1) is 9.54. The van der Waals surface area contributed by atoms with Crippen molar-refractivity contribution in [2.24, 2.45) is 5.41 Å². The zero-order valence-electron chi connectivity index (χ0n) is 14.2. The van der Waals surface area contributed by atoms with Crippen molar-refractivity contribution in [3.8, 4) is 0 Å². The largest absolute Gasteiger partial charge is 0.396 e. The van der Waals surface area contributed by atoms with Crippen LogP contribution in [0, 0.1) is 5.41 Å². The number of amides is 1. The molecule has 2 N–H and O–H groups in total. The maximum Gasteiger partial charge on any atom is 0.274 e. The van der Waals surface area contributed by atoms with Crippen molar-refractivity contribution in [3.63, 3.8) is 0 Å². The van der Waals surface area contributed by atoms with Crippen LogP contribution in [0.1, 0.15) is 64.1 Å². The predicted molar refractivity (Wildman–Crippen MR) is 84.3 cm³/mol. The molecule has 5 heteroatoms. The Bertz CT molecular complexity index is 467. The van der Waals surface area contributed by atoms with Gasteiger partial charge in [0.1, 0.15) is 5.69 Å². The number of aliphatic hydroxyl groups is 1. The van der Waals surface area contributed by atoms with Crippen LogP contribution in [-0.2, 0) is 5.41 Å². The molecule has 0 fully saturated rings. The second-order valence-electron chi connectivity index (χ2n) is 7.78. The Morgan fingerprint density at radius 3 is 2.33 bits per heavy atom. The van der Waals surface area contributed by atoms with Crippen LogP contribution < -0.4 is 0 Å². The van der Waals surface area contributed by atoms with Gasteiger partial charge in [-0.05, 0) is 17.9 Å². The minimum absolute atomic E-state index is 0.00821. The van der Waals surface area contributed by atoms with Crippen LogP contribution in [0.4, 0.5) is 0 Å². The molecule has 1 amide bonds. The summed E-state index contributed by atoms with van der Waals surface area (Å²) in [5.74, 6) is -0.0786. The Balaban J connectivity index is 2.91. The SMILES string of the molecule is CC(C)(C)CN(CCCO)C(=O)c1cc(C(C)(C)C)[nH]n1. The molecule has 0 aliphatic carbocycles. The van der Waals surface area contributed by atoms with Crippen LogP contribution in [-0.4, -0.2) is 45.8 Å². The van der Waals surface area contributed by atoms with Crippen LogP contribution >= 0.6 is 0 Å². The minimum atomic E-state index is -0.0786. The molecule has 0 aromatic carbocycles. The van der Waals surface area contributed by atoms with E-state index in [0.29, 0.717) is 25.2 Å². The number of nitrogens with one attached hydrogen (secondary N) is 1. The number of hydrogen-bond acceptors (Lipinski definition) is 3. The summed E-state index contributed by atoms with van der Waals surface area (Å²) in [6.45, 7) is 13.8. The van der Waals surface area contributed by atoms with Crippen molar-refractivity contribution in [3.05, 3.63) is 17.5 Å². The van der Waals surface area contributed by atoms with Crippen molar-refractivity contribution in [2.75, 3.05) is 19.7 Å². The van der Waals surface area contributed by atoms with Gasteiger partial charge in [0.25, 0.3) is 5.91 Å². The van der Waals surface area contributed by atoms with E-state index in [0.717, 1.165) is 5.69 Å². The molecule has 0 aliphatic rings. The molecule has 0 atom stereocenters. The Morgan fingerprint density at radius 1 is 1.29 bits per heavy atom. The maximum atomic E-state index is 12.6. The van der Waals surface area contributed by atoms with Gasteiger partial charge in [0.15, 0.2) is 0 Å². The fourth-order valence-electron chi connectivity index (χ4n) is 2.06. The molecule has 5 nitrogen and oxygen atoms in total. The lowest BCUT2D eigenvalue weighted by Crippen LogP contribution is -2.39. The van der Waals surface area contributed by atoms with Gasteiger partial charge in [0, 0.05) is 30.8 Å². The highest BCUT2D eigenvalue weighted by Gasteiger charge is 2.25. The molecule has 1 aromatic heterocycles. The second kappa shape index (κ2) is 6.60. The predicted octanol–water partition coefficient (Wildman–Crippen LogP) is 2.58. The van der Waals surface area contributed by atoms with E-state index < -0.39 is 0 Å². The van der Waals surface area contributed by atoms with Crippen molar-refractivity contribution in [2.45, 2.75) is 53.4 Å². The topological polar surface area (TPSA) is 69.2 Å². The van der Waals surface area contributed by atoms with Crippen LogP contribution in [0.3, 0.4) is 0 Å². The third-order valence-corrected chi connectivity index (χ3v) is 3.14. The number of H-pyrrole nitrogens is 1. The zero-order valence-corrected chi connectivity index (χ0v) is 14.2. The summed E-state index contributed by atoms with van der Waals surface area (Å²) in [6.07, 6.45) is 0.582. The highest BCUT2D eigenvalue weighted by molar-refractivity contribution is 5.92. The number of aromatic nitrogens is 2. The maximum absolute atomic E-state index is 12.6. The Morgan fingerprint density at radius 2 is 1.90 bits per heavy atom. The van der Waals surface area contributed by atoms with E-state index >= 15 is 0 Å². The first kappa shape index (κ1) is 17.7. The average molecular weight is 295 g/mol. The molecule has 0 saturated heterocycles. The number of hydrogen-bond donors (Lipinski definition) is 2. The van der Waals surface area contributed by atoms with Crippen LogP contribution in [0.2, 0.25) is 0 Å². The summed E-state index contributed by atoms with van der Waals surface area (Å²) in [6, 6.07) is 1.83. The van der Waals surface area contributed by atoms with E-state index in [2.05, 4.69) is 51.7 Å². The minimum Gasteiger partial charge on any atom is -0.396 e. The summed E-state index contributed by atoms with van der Waals surface area (Å²) in [7, 11) is 0. The van der Waals surface area contributed by atoms with Gasteiger partial charge in [-0.3, -0.25) is 9.89 Å². The molecule has 21 heavy (non-hydrogen) atoms. The smallest absolute Gasteiger partial charge is 0.274 e. The molecule has 0 aliphatic heterocycles. The highest BCUT2D eigenvalue weighted by Crippen LogP contribution is 2.22. The van der Waals surface area contributed by atoms with Crippen LogP contribution in [0.15, 0.2) is 6.07 Å². The van der Waals surface area contributed by atoms with Gasteiger partial charge in [0.05, 0.1) is 0 Å². The normalized spacial score (nSPS) is 12.5. The van der Waals surface area contributed by atoms with Crippen molar-refractivity contribution in [1.82, 2.24) is 15.1 Å².